The SMILES string of the molecule is CCC(Nc1ccc(C(N)=S)c(Cl)c1)C1CCCCC1. The van der Waals surface area contributed by atoms with Crippen LogP contribution in [0.25, 0.3) is 0 Å². The van der Waals surface area contributed by atoms with Crippen LogP contribution in [0, 0.1) is 5.92 Å². The normalized spacial score (nSPS) is 17.7. The Balaban J connectivity index is 2.07. The number of rotatable bonds is 5. The average molecular weight is 311 g/mol. The molecule has 1 saturated carbocycles. The lowest BCUT2D eigenvalue weighted by atomic mass is 9.83. The Labute approximate surface area is 132 Å². The van der Waals surface area contributed by atoms with Gasteiger partial charge in [0.25, 0.3) is 0 Å². The summed E-state index contributed by atoms with van der Waals surface area (Å²) in [5, 5.41) is 4.26. The van der Waals surface area contributed by atoms with E-state index in [2.05, 4.69) is 12.2 Å². The summed E-state index contributed by atoms with van der Waals surface area (Å²) >= 11 is 11.2. The molecular formula is C16H23ClN2S. The monoisotopic (exact) mass is 310 g/mol. The van der Waals surface area contributed by atoms with Gasteiger partial charge in [-0.05, 0) is 43.4 Å². The maximum Gasteiger partial charge on any atom is 0.105 e. The fraction of sp³-hybridized carbons (Fsp3) is 0.562. The Morgan fingerprint density at radius 1 is 1.40 bits per heavy atom. The highest BCUT2D eigenvalue weighted by Gasteiger charge is 2.22. The number of thiocarbonyl (C=S) groups is 1. The molecule has 2 nitrogen and oxygen atoms in total. The molecule has 20 heavy (non-hydrogen) atoms. The summed E-state index contributed by atoms with van der Waals surface area (Å²) in [6.45, 7) is 2.25. The summed E-state index contributed by atoms with van der Waals surface area (Å²) in [6.07, 6.45) is 7.93. The van der Waals surface area contributed by atoms with Crippen LogP contribution in [0.1, 0.15) is 51.0 Å². The van der Waals surface area contributed by atoms with Crippen molar-refractivity contribution >= 4 is 34.5 Å². The molecule has 4 heteroatoms. The highest BCUT2D eigenvalue weighted by atomic mass is 35.5. The number of nitrogens with two attached hydrogens (primary N) is 1. The number of hydrogen-bond donors (Lipinski definition) is 2. The van der Waals surface area contributed by atoms with Crippen molar-refractivity contribution in [1.29, 1.82) is 0 Å². The average Bonchev–Trinajstić information content (AvgIpc) is 2.45. The number of benzene rings is 1. The first-order chi connectivity index (χ1) is 9.61. The molecule has 0 aromatic heterocycles. The summed E-state index contributed by atoms with van der Waals surface area (Å²) in [5.74, 6) is 0.780. The number of nitrogens with one attached hydrogen (secondary N) is 1. The minimum atomic E-state index is 0.348. The molecule has 0 aliphatic heterocycles. The molecule has 1 aliphatic rings. The van der Waals surface area contributed by atoms with Crippen molar-refractivity contribution in [2.75, 3.05) is 5.32 Å². The van der Waals surface area contributed by atoms with Gasteiger partial charge in [-0.3, -0.25) is 0 Å². The van der Waals surface area contributed by atoms with E-state index in [-0.39, 0.29) is 0 Å². The topological polar surface area (TPSA) is 38.0 Å². The van der Waals surface area contributed by atoms with E-state index in [1.54, 1.807) is 0 Å². The number of hydrogen-bond acceptors (Lipinski definition) is 2. The van der Waals surface area contributed by atoms with Gasteiger partial charge >= 0.3 is 0 Å². The Morgan fingerprint density at radius 2 is 2.10 bits per heavy atom. The first kappa shape index (κ1) is 15.6. The molecule has 1 unspecified atom stereocenters. The molecular weight excluding hydrogens is 288 g/mol. The van der Waals surface area contributed by atoms with Crippen molar-refractivity contribution in [3.8, 4) is 0 Å². The molecule has 1 atom stereocenters. The molecule has 0 radical (unpaired) electrons. The first-order valence-electron chi connectivity index (χ1n) is 7.47. The molecule has 0 heterocycles. The maximum absolute atomic E-state index is 6.23. The zero-order chi connectivity index (χ0) is 14.5. The summed E-state index contributed by atoms with van der Waals surface area (Å²) in [4.78, 5) is 0.348. The third-order valence-corrected chi connectivity index (χ3v) is 4.78. The largest absolute Gasteiger partial charge is 0.389 e. The smallest absolute Gasteiger partial charge is 0.105 e. The highest BCUT2D eigenvalue weighted by Crippen LogP contribution is 2.30. The van der Waals surface area contributed by atoms with E-state index in [4.69, 9.17) is 29.6 Å². The van der Waals surface area contributed by atoms with Crippen molar-refractivity contribution in [3.63, 3.8) is 0 Å². The lowest BCUT2D eigenvalue weighted by molar-refractivity contribution is 0.313. The Morgan fingerprint density at radius 3 is 2.65 bits per heavy atom. The van der Waals surface area contributed by atoms with Crippen molar-refractivity contribution < 1.29 is 0 Å². The van der Waals surface area contributed by atoms with E-state index < -0.39 is 0 Å². The Bertz CT molecular complexity index is 470. The van der Waals surface area contributed by atoms with Gasteiger partial charge in [0.05, 0.1) is 5.02 Å². The molecule has 1 aromatic carbocycles. The summed E-state index contributed by atoms with van der Waals surface area (Å²) < 4.78 is 0. The van der Waals surface area contributed by atoms with E-state index in [0.717, 1.165) is 23.6 Å². The van der Waals surface area contributed by atoms with Gasteiger partial charge in [0.1, 0.15) is 4.99 Å². The fourth-order valence-electron chi connectivity index (χ4n) is 3.11. The molecule has 2 rings (SSSR count). The van der Waals surface area contributed by atoms with Gasteiger partial charge in [0.15, 0.2) is 0 Å². The van der Waals surface area contributed by atoms with Crippen LogP contribution in [0.2, 0.25) is 5.02 Å². The molecule has 0 amide bonds. The van der Waals surface area contributed by atoms with E-state index in [9.17, 15) is 0 Å². The van der Waals surface area contributed by atoms with Gasteiger partial charge < -0.3 is 11.1 Å². The molecule has 0 saturated heterocycles. The van der Waals surface area contributed by atoms with E-state index in [1.165, 1.54) is 32.1 Å². The van der Waals surface area contributed by atoms with Crippen LogP contribution in [-0.4, -0.2) is 11.0 Å². The lowest BCUT2D eigenvalue weighted by Crippen LogP contribution is -2.30. The van der Waals surface area contributed by atoms with Gasteiger partial charge in [0.2, 0.25) is 0 Å². The molecule has 0 spiro atoms. The Hall–Kier alpha value is -0.800. The Kier molecular flexibility index (Phi) is 5.67. The van der Waals surface area contributed by atoms with Crippen LogP contribution in [0.3, 0.4) is 0 Å². The maximum atomic E-state index is 6.23. The number of halogens is 1. The minimum absolute atomic E-state index is 0.348. The van der Waals surface area contributed by atoms with Gasteiger partial charge in [-0.1, -0.05) is 50.0 Å². The number of anilines is 1. The van der Waals surface area contributed by atoms with Gasteiger partial charge in [0, 0.05) is 17.3 Å². The van der Waals surface area contributed by atoms with Crippen molar-refractivity contribution in [3.05, 3.63) is 28.8 Å². The second kappa shape index (κ2) is 7.28. The van der Waals surface area contributed by atoms with E-state index >= 15 is 0 Å². The van der Waals surface area contributed by atoms with Gasteiger partial charge in [-0.25, -0.2) is 0 Å². The predicted molar refractivity (Wildman–Crippen MR) is 91.6 cm³/mol. The first-order valence-corrected chi connectivity index (χ1v) is 8.26. The van der Waals surface area contributed by atoms with E-state index in [0.29, 0.717) is 16.1 Å². The predicted octanol–water partition coefficient (Wildman–Crippen LogP) is 4.75. The molecule has 0 bridgehead atoms. The molecule has 1 aliphatic carbocycles. The summed E-state index contributed by atoms with van der Waals surface area (Å²) in [5.41, 5.74) is 7.45. The van der Waals surface area contributed by atoms with Crippen molar-refractivity contribution in [1.82, 2.24) is 0 Å². The lowest BCUT2D eigenvalue weighted by Gasteiger charge is -2.31. The quantitative estimate of drug-likeness (QED) is 0.771. The third-order valence-electron chi connectivity index (χ3n) is 4.25. The van der Waals surface area contributed by atoms with Crippen LogP contribution < -0.4 is 11.1 Å². The van der Waals surface area contributed by atoms with Crippen LogP contribution in [-0.2, 0) is 0 Å². The zero-order valence-electron chi connectivity index (χ0n) is 12.0. The van der Waals surface area contributed by atoms with Gasteiger partial charge in [-0.15, -0.1) is 0 Å². The van der Waals surface area contributed by atoms with Crippen molar-refractivity contribution in [2.45, 2.75) is 51.5 Å². The third kappa shape index (κ3) is 3.86. The second-order valence-electron chi connectivity index (χ2n) is 5.62. The standard InChI is InChI=1S/C16H23ClN2S/c1-2-15(11-6-4-3-5-7-11)19-12-8-9-13(16(18)20)14(17)10-12/h8-11,15,19H,2-7H2,1H3,(H2,18,20). The van der Waals surface area contributed by atoms with Crippen molar-refractivity contribution in [2.24, 2.45) is 11.7 Å². The summed E-state index contributed by atoms with van der Waals surface area (Å²) in [7, 11) is 0. The van der Waals surface area contributed by atoms with Crippen LogP contribution in [0.15, 0.2) is 18.2 Å². The van der Waals surface area contributed by atoms with E-state index in [1.807, 2.05) is 18.2 Å². The minimum Gasteiger partial charge on any atom is -0.389 e. The molecule has 1 fully saturated rings. The summed E-state index contributed by atoms with van der Waals surface area (Å²) in [6, 6.07) is 6.38. The molecule has 1 aromatic rings. The second-order valence-corrected chi connectivity index (χ2v) is 6.46. The van der Waals surface area contributed by atoms with Gasteiger partial charge in [-0.2, -0.15) is 0 Å². The van der Waals surface area contributed by atoms with Crippen LogP contribution >= 0.6 is 23.8 Å². The van der Waals surface area contributed by atoms with Crippen LogP contribution in [0.4, 0.5) is 5.69 Å². The van der Waals surface area contributed by atoms with Crippen LogP contribution in [0.5, 0.6) is 0 Å². The molecule has 3 N–H and O–H groups in total. The zero-order valence-corrected chi connectivity index (χ0v) is 13.6. The molecule has 110 valence electrons. The highest BCUT2D eigenvalue weighted by molar-refractivity contribution is 7.80. The fourth-order valence-corrected chi connectivity index (χ4v) is 3.62.